The van der Waals surface area contributed by atoms with Gasteiger partial charge >= 0.3 is 6.03 Å². The van der Waals surface area contributed by atoms with Crippen LogP contribution in [-0.2, 0) is 16.9 Å². The average molecular weight is 405 g/mol. The molecule has 146 valence electrons. The summed E-state index contributed by atoms with van der Waals surface area (Å²) in [4.78, 5) is 26.6. The van der Waals surface area contributed by atoms with Crippen molar-refractivity contribution < 1.29 is 23.5 Å². The van der Waals surface area contributed by atoms with E-state index in [0.29, 0.717) is 40.9 Å². The van der Waals surface area contributed by atoms with Gasteiger partial charge in [-0.15, -0.1) is 0 Å². The molecule has 28 heavy (non-hydrogen) atoms. The first-order valence-electron chi connectivity index (χ1n) is 8.86. The van der Waals surface area contributed by atoms with Crippen molar-refractivity contribution in [1.29, 1.82) is 0 Å². The first-order valence-corrected chi connectivity index (χ1v) is 9.24. The molecule has 0 radical (unpaired) electrons. The number of halogens is 2. The lowest BCUT2D eigenvalue weighted by atomic mass is 9.92. The van der Waals surface area contributed by atoms with E-state index in [2.05, 4.69) is 5.32 Å². The molecule has 0 aromatic heterocycles. The lowest BCUT2D eigenvalue weighted by Gasteiger charge is -2.22. The number of hydrogen-bond donors (Lipinski definition) is 1. The van der Waals surface area contributed by atoms with Gasteiger partial charge in [-0.1, -0.05) is 23.7 Å². The van der Waals surface area contributed by atoms with Crippen LogP contribution in [0.4, 0.5) is 9.18 Å². The quantitative estimate of drug-likeness (QED) is 0.793. The second kappa shape index (κ2) is 6.98. The standard InChI is InChI=1S/C20H18ClFN2O4/c1-20(13-3-5-14(22)6-4-13)18(25)24(19(26)23-20)11-12-9-15(21)17-16(10-12)27-7-2-8-28-17/h3-6,9-10H,2,7-8,11H2,1H3,(H,23,26). The predicted molar refractivity (Wildman–Crippen MR) is 99.9 cm³/mol. The minimum atomic E-state index is -1.26. The van der Waals surface area contributed by atoms with Gasteiger partial charge in [0.1, 0.15) is 11.4 Å². The van der Waals surface area contributed by atoms with E-state index in [-0.39, 0.29) is 6.54 Å². The smallest absolute Gasteiger partial charge is 0.325 e. The number of nitrogens with one attached hydrogen (secondary N) is 1. The van der Waals surface area contributed by atoms with Crippen LogP contribution < -0.4 is 14.8 Å². The summed E-state index contributed by atoms with van der Waals surface area (Å²) in [7, 11) is 0. The molecule has 6 nitrogen and oxygen atoms in total. The summed E-state index contributed by atoms with van der Waals surface area (Å²) in [6.45, 7) is 2.63. The minimum absolute atomic E-state index is 0.0256. The molecular formula is C20H18ClFN2O4. The van der Waals surface area contributed by atoms with Gasteiger partial charge in [-0.3, -0.25) is 9.69 Å². The maximum Gasteiger partial charge on any atom is 0.325 e. The zero-order valence-electron chi connectivity index (χ0n) is 15.1. The van der Waals surface area contributed by atoms with Crippen LogP contribution >= 0.6 is 11.6 Å². The van der Waals surface area contributed by atoms with Crippen molar-refractivity contribution in [2.75, 3.05) is 13.2 Å². The molecule has 3 amide bonds. The molecule has 2 heterocycles. The molecule has 0 bridgehead atoms. The van der Waals surface area contributed by atoms with Crippen molar-refractivity contribution in [3.05, 3.63) is 58.4 Å². The number of rotatable bonds is 3. The molecule has 0 saturated carbocycles. The molecule has 8 heteroatoms. The van der Waals surface area contributed by atoms with E-state index in [9.17, 15) is 14.0 Å². The number of nitrogens with zero attached hydrogens (tertiary/aromatic N) is 1. The van der Waals surface area contributed by atoms with Crippen LogP contribution in [0.3, 0.4) is 0 Å². The molecule has 2 aliphatic heterocycles. The summed E-state index contributed by atoms with van der Waals surface area (Å²) in [6.07, 6.45) is 0.739. The van der Waals surface area contributed by atoms with Gasteiger partial charge in [0, 0.05) is 6.42 Å². The third-order valence-corrected chi connectivity index (χ3v) is 5.18. The van der Waals surface area contributed by atoms with Gasteiger partial charge in [-0.05, 0) is 42.3 Å². The number of imide groups is 1. The van der Waals surface area contributed by atoms with Gasteiger partial charge in [0.25, 0.3) is 5.91 Å². The van der Waals surface area contributed by atoms with Crippen LogP contribution in [0.1, 0.15) is 24.5 Å². The van der Waals surface area contributed by atoms with Crippen LogP contribution in [0.5, 0.6) is 11.5 Å². The summed E-state index contributed by atoms with van der Waals surface area (Å²) in [5.74, 6) is 0.125. The van der Waals surface area contributed by atoms with E-state index in [1.165, 1.54) is 24.3 Å². The Balaban J connectivity index is 1.61. The number of amides is 3. The molecule has 1 saturated heterocycles. The Morgan fingerprint density at radius 2 is 1.89 bits per heavy atom. The second-order valence-corrected chi connectivity index (χ2v) is 7.32. The first kappa shape index (κ1) is 18.6. The summed E-state index contributed by atoms with van der Waals surface area (Å²) in [5, 5.41) is 3.06. The maximum atomic E-state index is 13.2. The Labute approximate surface area is 166 Å². The monoisotopic (exact) mass is 404 g/mol. The molecule has 1 fully saturated rings. The molecule has 1 N–H and O–H groups in total. The molecule has 2 aliphatic rings. The van der Waals surface area contributed by atoms with E-state index >= 15 is 0 Å². The Morgan fingerprint density at radius 3 is 2.64 bits per heavy atom. The SMILES string of the molecule is CC1(c2ccc(F)cc2)NC(=O)N(Cc2cc(Cl)c3c(c2)OCCCO3)C1=O. The summed E-state index contributed by atoms with van der Waals surface area (Å²) in [6, 6.07) is 8.34. The summed E-state index contributed by atoms with van der Waals surface area (Å²) >= 11 is 6.30. The van der Waals surface area contributed by atoms with E-state index < -0.39 is 23.3 Å². The van der Waals surface area contributed by atoms with Crippen molar-refractivity contribution in [3.8, 4) is 11.5 Å². The van der Waals surface area contributed by atoms with Crippen molar-refractivity contribution in [2.24, 2.45) is 0 Å². The Morgan fingerprint density at radius 1 is 1.18 bits per heavy atom. The van der Waals surface area contributed by atoms with E-state index in [4.69, 9.17) is 21.1 Å². The van der Waals surface area contributed by atoms with Gasteiger partial charge in [-0.2, -0.15) is 0 Å². The van der Waals surface area contributed by atoms with Gasteiger partial charge in [0.15, 0.2) is 11.5 Å². The fourth-order valence-electron chi connectivity index (χ4n) is 3.38. The second-order valence-electron chi connectivity index (χ2n) is 6.91. The van der Waals surface area contributed by atoms with Crippen molar-refractivity contribution in [2.45, 2.75) is 25.4 Å². The number of ether oxygens (including phenoxy) is 2. The summed E-state index contributed by atoms with van der Waals surface area (Å²) < 4.78 is 24.5. The van der Waals surface area contributed by atoms with E-state index in [0.717, 1.165) is 11.3 Å². The third-order valence-electron chi connectivity index (χ3n) is 4.90. The van der Waals surface area contributed by atoms with Crippen LogP contribution in [0, 0.1) is 5.82 Å². The van der Waals surface area contributed by atoms with Crippen molar-refractivity contribution in [3.63, 3.8) is 0 Å². The normalized spacial score (nSPS) is 21.5. The van der Waals surface area contributed by atoms with Gasteiger partial charge in [-0.25, -0.2) is 9.18 Å². The van der Waals surface area contributed by atoms with Gasteiger partial charge in [0.05, 0.1) is 24.8 Å². The van der Waals surface area contributed by atoms with Crippen molar-refractivity contribution >= 4 is 23.5 Å². The summed E-state index contributed by atoms with van der Waals surface area (Å²) in [5.41, 5.74) is -0.118. The minimum Gasteiger partial charge on any atom is -0.489 e. The lowest BCUT2D eigenvalue weighted by molar-refractivity contribution is -0.131. The molecule has 1 unspecified atom stereocenters. The van der Waals surface area contributed by atoms with Crippen LogP contribution in [-0.4, -0.2) is 30.1 Å². The highest BCUT2D eigenvalue weighted by atomic mass is 35.5. The lowest BCUT2D eigenvalue weighted by Crippen LogP contribution is -2.40. The topological polar surface area (TPSA) is 67.9 Å². The van der Waals surface area contributed by atoms with Crippen LogP contribution in [0.2, 0.25) is 5.02 Å². The Hall–Kier alpha value is -2.80. The highest BCUT2D eigenvalue weighted by Crippen LogP contribution is 2.39. The molecule has 2 aromatic rings. The molecule has 2 aromatic carbocycles. The largest absolute Gasteiger partial charge is 0.489 e. The molecule has 0 spiro atoms. The van der Waals surface area contributed by atoms with Crippen LogP contribution in [0.25, 0.3) is 0 Å². The zero-order chi connectivity index (χ0) is 19.9. The number of carbonyl (C=O) groups is 2. The Bertz CT molecular complexity index is 950. The van der Waals surface area contributed by atoms with Crippen molar-refractivity contribution in [1.82, 2.24) is 10.2 Å². The van der Waals surface area contributed by atoms with Gasteiger partial charge < -0.3 is 14.8 Å². The van der Waals surface area contributed by atoms with E-state index in [1.54, 1.807) is 19.1 Å². The van der Waals surface area contributed by atoms with Crippen LogP contribution in [0.15, 0.2) is 36.4 Å². The number of hydrogen-bond acceptors (Lipinski definition) is 4. The average Bonchev–Trinajstić information content (AvgIpc) is 2.84. The zero-order valence-corrected chi connectivity index (χ0v) is 15.9. The fourth-order valence-corrected chi connectivity index (χ4v) is 3.67. The molecule has 1 atom stereocenters. The van der Waals surface area contributed by atoms with E-state index in [1.807, 2.05) is 0 Å². The maximum absolute atomic E-state index is 13.2. The number of benzene rings is 2. The highest BCUT2D eigenvalue weighted by molar-refractivity contribution is 6.32. The highest BCUT2D eigenvalue weighted by Gasteiger charge is 2.48. The number of urea groups is 1. The third kappa shape index (κ3) is 3.16. The number of fused-ring (bicyclic) bond motifs is 1. The molecule has 0 aliphatic carbocycles. The van der Waals surface area contributed by atoms with Gasteiger partial charge in [0.2, 0.25) is 0 Å². The first-order chi connectivity index (χ1) is 13.4. The number of carbonyl (C=O) groups excluding carboxylic acids is 2. The molecular weight excluding hydrogens is 387 g/mol. The fraction of sp³-hybridized carbons (Fsp3) is 0.300. The molecule has 4 rings (SSSR count). The Kier molecular flexibility index (Phi) is 4.63. The predicted octanol–water partition coefficient (Wildman–Crippen LogP) is 3.61.